The summed E-state index contributed by atoms with van der Waals surface area (Å²) in [4.78, 5) is 13.0. The van der Waals surface area contributed by atoms with Gasteiger partial charge in [0, 0.05) is 24.2 Å². The summed E-state index contributed by atoms with van der Waals surface area (Å²) < 4.78 is 33.5. The molecule has 1 aromatic rings. The van der Waals surface area contributed by atoms with Crippen LogP contribution >= 0.6 is 11.6 Å². The minimum absolute atomic E-state index is 0.0862. The maximum atomic E-state index is 13.0. The van der Waals surface area contributed by atoms with Crippen molar-refractivity contribution in [2.75, 3.05) is 13.7 Å². The van der Waals surface area contributed by atoms with Crippen LogP contribution in [-0.2, 0) is 23.7 Å². The monoisotopic (exact) mass is 548 g/mol. The van der Waals surface area contributed by atoms with Crippen molar-refractivity contribution in [1.82, 2.24) is 0 Å². The lowest BCUT2D eigenvalue weighted by Crippen LogP contribution is -2.60. The molecule has 1 aromatic carbocycles. The predicted molar refractivity (Wildman–Crippen MR) is 119 cm³/mol. The van der Waals surface area contributed by atoms with E-state index in [-0.39, 0.29) is 23.5 Å². The number of aliphatic hydroxyl groups is 5. The SMILES string of the molecule is COc1cc(C(=O)O[C@H]2[C@@H](Cl)[C@H]3C(O)O[C@H]4C[C@@H]2[C@@H]3[C@@H](O[C@@H]2O[C@H](CO)[C@@H](O)[C@H](O)[C@H]2O)O4)ccc1O. The number of hydrogen-bond donors (Lipinski definition) is 6. The molecule has 1 unspecified atom stereocenters. The molecule has 1 aliphatic carbocycles. The number of aromatic hydroxyl groups is 1. The lowest BCUT2D eigenvalue weighted by molar-refractivity contribution is -0.371. The highest BCUT2D eigenvalue weighted by Crippen LogP contribution is 2.54. The lowest BCUT2D eigenvalue weighted by Gasteiger charge is -2.43. The zero-order valence-corrected chi connectivity index (χ0v) is 20.3. The molecule has 14 heteroatoms. The third-order valence-electron chi connectivity index (χ3n) is 7.50. The standard InChI is InChI=1S/C23H29ClO13/c1-32-10-4-7(2-3-9(10)26)20(30)36-19-8-5-12-34-21(31)14(15(19)24)13(8)22(35-12)37-23-18(29)17(28)16(27)11(6-25)33-23/h2-4,8,11-19,21-23,25-29,31H,5-6H2,1H3/t8-,11-,12-,13+,14+,15+,16-,17+,18-,19-,21?,22-,23+/m1/s1. The van der Waals surface area contributed by atoms with E-state index in [0.29, 0.717) is 0 Å². The molecule has 0 amide bonds. The second-order valence-electron chi connectivity index (χ2n) is 9.55. The number of esters is 1. The Morgan fingerprint density at radius 1 is 1.05 bits per heavy atom. The molecule has 206 valence electrons. The zero-order valence-electron chi connectivity index (χ0n) is 19.6. The summed E-state index contributed by atoms with van der Waals surface area (Å²) in [7, 11) is 1.34. The molecule has 4 aliphatic heterocycles. The van der Waals surface area contributed by atoms with E-state index in [4.69, 9.17) is 40.0 Å². The Morgan fingerprint density at radius 3 is 2.51 bits per heavy atom. The van der Waals surface area contributed by atoms with Gasteiger partial charge in [0.15, 0.2) is 36.7 Å². The zero-order chi connectivity index (χ0) is 26.6. The van der Waals surface area contributed by atoms with Crippen molar-refractivity contribution in [3.63, 3.8) is 0 Å². The molecule has 4 heterocycles. The average molecular weight is 549 g/mol. The third-order valence-corrected chi connectivity index (χ3v) is 8.04. The summed E-state index contributed by atoms with van der Waals surface area (Å²) in [5, 5.41) is 59.6. The second-order valence-corrected chi connectivity index (χ2v) is 10.1. The van der Waals surface area contributed by atoms with Crippen LogP contribution in [0.5, 0.6) is 11.5 Å². The highest BCUT2D eigenvalue weighted by atomic mass is 35.5. The number of benzene rings is 1. The van der Waals surface area contributed by atoms with Gasteiger partial charge in [0.1, 0.15) is 30.5 Å². The summed E-state index contributed by atoms with van der Waals surface area (Å²) in [6.07, 6.45) is -11.7. The van der Waals surface area contributed by atoms with Crippen LogP contribution in [0.25, 0.3) is 0 Å². The fourth-order valence-electron chi connectivity index (χ4n) is 5.63. The van der Waals surface area contributed by atoms with Gasteiger partial charge in [0.25, 0.3) is 0 Å². The fraction of sp³-hybridized carbons (Fsp3) is 0.696. The van der Waals surface area contributed by atoms with Crippen LogP contribution in [0.1, 0.15) is 16.8 Å². The van der Waals surface area contributed by atoms with Crippen LogP contribution in [0, 0.1) is 17.8 Å². The number of aliphatic hydroxyl groups excluding tert-OH is 5. The van der Waals surface area contributed by atoms with Crippen LogP contribution in [0.3, 0.4) is 0 Å². The van der Waals surface area contributed by atoms with Gasteiger partial charge >= 0.3 is 5.97 Å². The van der Waals surface area contributed by atoms with Gasteiger partial charge in [-0.25, -0.2) is 4.79 Å². The number of halogens is 1. The van der Waals surface area contributed by atoms with Gasteiger partial charge in [-0.2, -0.15) is 0 Å². The van der Waals surface area contributed by atoms with Gasteiger partial charge in [-0.3, -0.25) is 0 Å². The van der Waals surface area contributed by atoms with Gasteiger partial charge in [-0.05, 0) is 18.2 Å². The molecular weight excluding hydrogens is 520 g/mol. The van der Waals surface area contributed by atoms with Gasteiger partial charge < -0.3 is 59.1 Å². The van der Waals surface area contributed by atoms with Crippen LogP contribution in [0.4, 0.5) is 0 Å². The first-order chi connectivity index (χ1) is 17.6. The van der Waals surface area contributed by atoms with Gasteiger partial charge in [0.2, 0.25) is 0 Å². The van der Waals surface area contributed by atoms with Crippen molar-refractivity contribution in [2.45, 2.75) is 67.5 Å². The summed E-state index contributed by atoms with van der Waals surface area (Å²) in [5.74, 6) is -2.74. The number of carbonyl (C=O) groups excluding carboxylic acids is 1. The van der Waals surface area contributed by atoms with Crippen LogP contribution in [0.2, 0.25) is 0 Å². The van der Waals surface area contributed by atoms with E-state index < -0.39 is 91.4 Å². The van der Waals surface area contributed by atoms with E-state index in [1.807, 2.05) is 0 Å². The molecule has 0 radical (unpaired) electrons. The van der Waals surface area contributed by atoms with Crippen LogP contribution in [-0.4, -0.2) is 111 Å². The van der Waals surface area contributed by atoms with Gasteiger partial charge in [-0.15, -0.1) is 11.6 Å². The van der Waals surface area contributed by atoms with Crippen molar-refractivity contribution in [2.24, 2.45) is 17.8 Å². The molecular formula is C23H29ClO13. The number of phenolic OH excluding ortho intramolecular Hbond substituents is 1. The van der Waals surface area contributed by atoms with E-state index in [9.17, 15) is 35.4 Å². The predicted octanol–water partition coefficient (Wildman–Crippen LogP) is -1.37. The Kier molecular flexibility index (Phi) is 7.55. The molecule has 6 N–H and O–H groups in total. The van der Waals surface area contributed by atoms with E-state index in [0.717, 1.165) is 0 Å². The Labute approximate surface area is 216 Å². The molecule has 4 bridgehead atoms. The van der Waals surface area contributed by atoms with Crippen LogP contribution in [0.15, 0.2) is 18.2 Å². The highest BCUT2D eigenvalue weighted by molar-refractivity contribution is 6.21. The third kappa shape index (κ3) is 4.67. The summed E-state index contributed by atoms with van der Waals surface area (Å²) in [6, 6.07) is 3.99. The first-order valence-corrected chi connectivity index (χ1v) is 12.2. The normalized spacial score (nSPS) is 44.9. The number of hydrogen-bond acceptors (Lipinski definition) is 13. The molecule has 37 heavy (non-hydrogen) atoms. The quantitative estimate of drug-likeness (QED) is 0.180. The molecule has 6 rings (SSSR count). The fourth-order valence-corrected chi connectivity index (χ4v) is 6.16. The minimum atomic E-state index is -1.67. The number of fused-ring (bicyclic) bond motifs is 2. The largest absolute Gasteiger partial charge is 0.504 e. The van der Waals surface area contributed by atoms with Gasteiger partial charge in [0.05, 0.1) is 24.7 Å². The van der Waals surface area contributed by atoms with E-state index in [1.54, 1.807) is 0 Å². The number of methoxy groups -OCH3 is 1. The number of rotatable bonds is 6. The molecule has 13 nitrogen and oxygen atoms in total. The first kappa shape index (κ1) is 26.8. The molecule has 5 aliphatic rings. The van der Waals surface area contributed by atoms with Crippen molar-refractivity contribution in [1.29, 1.82) is 0 Å². The first-order valence-electron chi connectivity index (χ1n) is 11.8. The summed E-state index contributed by atoms with van der Waals surface area (Å²) in [5.41, 5.74) is 0.116. The molecule has 13 atom stereocenters. The van der Waals surface area contributed by atoms with E-state index in [1.165, 1.54) is 25.3 Å². The molecule has 0 aromatic heterocycles. The Hall–Kier alpha value is -1.78. The van der Waals surface area contributed by atoms with Crippen molar-refractivity contribution in [3.05, 3.63) is 23.8 Å². The van der Waals surface area contributed by atoms with Crippen molar-refractivity contribution >= 4 is 17.6 Å². The Bertz CT molecular complexity index is 993. The maximum Gasteiger partial charge on any atom is 0.338 e. The number of carbonyl (C=O) groups is 1. The van der Waals surface area contributed by atoms with Gasteiger partial charge in [-0.1, -0.05) is 0 Å². The number of phenols is 1. The average Bonchev–Trinajstić information content (AvgIpc) is 2.98. The second kappa shape index (κ2) is 10.4. The molecule has 4 saturated heterocycles. The minimum Gasteiger partial charge on any atom is -0.504 e. The van der Waals surface area contributed by atoms with Crippen molar-refractivity contribution in [3.8, 4) is 11.5 Å². The Morgan fingerprint density at radius 2 is 1.81 bits per heavy atom. The molecule has 1 saturated carbocycles. The van der Waals surface area contributed by atoms with E-state index in [2.05, 4.69) is 0 Å². The smallest absolute Gasteiger partial charge is 0.338 e. The van der Waals surface area contributed by atoms with Crippen LogP contribution < -0.4 is 4.74 Å². The molecule has 5 fully saturated rings. The van der Waals surface area contributed by atoms with Crippen molar-refractivity contribution < 1.29 is 63.9 Å². The molecule has 0 spiro atoms. The lowest BCUT2D eigenvalue weighted by atomic mass is 9.85. The number of ether oxygens (including phenoxy) is 6. The summed E-state index contributed by atoms with van der Waals surface area (Å²) in [6.45, 7) is -0.640. The summed E-state index contributed by atoms with van der Waals surface area (Å²) >= 11 is 6.70. The number of alkyl halides is 1. The maximum absolute atomic E-state index is 13.0. The highest BCUT2D eigenvalue weighted by Gasteiger charge is 2.64. The van der Waals surface area contributed by atoms with E-state index >= 15 is 0 Å². The Balaban J connectivity index is 1.37. The topological polar surface area (TPSA) is 194 Å².